The molecule has 0 aliphatic carbocycles. The quantitative estimate of drug-likeness (QED) is 0.514. The molecule has 2 heterocycles. The van der Waals surface area contributed by atoms with Crippen molar-refractivity contribution in [1.29, 1.82) is 0 Å². The third-order valence-electron chi connectivity index (χ3n) is 2.76. The van der Waals surface area contributed by atoms with Crippen molar-refractivity contribution in [2.75, 3.05) is 5.32 Å². The van der Waals surface area contributed by atoms with Crippen molar-refractivity contribution in [3.05, 3.63) is 56.9 Å². The van der Waals surface area contributed by atoms with Gasteiger partial charge in [-0.3, -0.25) is 14.7 Å². The second-order valence-electron chi connectivity index (χ2n) is 4.10. The van der Waals surface area contributed by atoms with Gasteiger partial charge in [-0.25, -0.2) is 0 Å². The molecule has 0 saturated heterocycles. The van der Waals surface area contributed by atoms with Gasteiger partial charge >= 0.3 is 11.1 Å². The van der Waals surface area contributed by atoms with Crippen LogP contribution >= 0.6 is 0 Å². The van der Waals surface area contributed by atoms with E-state index in [2.05, 4.69) is 25.5 Å². The number of rotatable bonds is 3. The molecule has 7 nitrogen and oxygen atoms in total. The van der Waals surface area contributed by atoms with E-state index in [1.54, 1.807) is 18.3 Å². The predicted molar refractivity (Wildman–Crippen MR) is 71.1 cm³/mol. The molecule has 2 aromatic heterocycles. The standard InChI is InChI=1S/C12H11N5O2/c18-11-12(19)16-10-5-7(1-2-9(10)15-11)13-6-8-3-4-14-17-8/h1-5,13H,6H2,(H,14,17)(H,15,18)(H,16,19). The first kappa shape index (κ1) is 11.3. The number of nitrogens with one attached hydrogen (secondary N) is 4. The summed E-state index contributed by atoms with van der Waals surface area (Å²) >= 11 is 0. The molecule has 4 N–H and O–H groups in total. The molecule has 0 unspecified atom stereocenters. The molecule has 7 heteroatoms. The zero-order valence-corrected chi connectivity index (χ0v) is 9.86. The first-order valence-electron chi connectivity index (χ1n) is 5.71. The fourth-order valence-electron chi connectivity index (χ4n) is 1.81. The van der Waals surface area contributed by atoms with E-state index in [0.717, 1.165) is 11.4 Å². The van der Waals surface area contributed by atoms with Crippen molar-refractivity contribution in [3.63, 3.8) is 0 Å². The van der Waals surface area contributed by atoms with Crippen LogP contribution in [-0.4, -0.2) is 20.2 Å². The maximum absolute atomic E-state index is 11.3. The zero-order chi connectivity index (χ0) is 13.2. The average molecular weight is 257 g/mol. The molecule has 0 bridgehead atoms. The van der Waals surface area contributed by atoms with Crippen molar-refractivity contribution in [2.24, 2.45) is 0 Å². The summed E-state index contributed by atoms with van der Waals surface area (Å²) in [6.07, 6.45) is 1.68. The SMILES string of the molecule is O=c1[nH]c2ccc(NCc3ccn[nH]3)cc2[nH]c1=O. The van der Waals surface area contributed by atoms with E-state index in [9.17, 15) is 9.59 Å². The Bertz CT molecular complexity index is 816. The van der Waals surface area contributed by atoms with Crippen molar-refractivity contribution in [1.82, 2.24) is 20.2 Å². The van der Waals surface area contributed by atoms with Gasteiger partial charge in [-0.05, 0) is 24.3 Å². The van der Waals surface area contributed by atoms with Crippen molar-refractivity contribution in [3.8, 4) is 0 Å². The molecule has 0 aliphatic rings. The Morgan fingerprint density at radius 2 is 1.84 bits per heavy atom. The number of benzene rings is 1. The number of nitrogens with zero attached hydrogens (tertiary/aromatic N) is 1. The van der Waals surface area contributed by atoms with Crippen molar-refractivity contribution >= 4 is 16.7 Å². The molecule has 3 rings (SSSR count). The molecule has 0 saturated carbocycles. The number of anilines is 1. The Kier molecular flexibility index (Phi) is 2.64. The Balaban J connectivity index is 1.91. The fourth-order valence-corrected chi connectivity index (χ4v) is 1.81. The van der Waals surface area contributed by atoms with E-state index in [0.29, 0.717) is 17.6 Å². The van der Waals surface area contributed by atoms with E-state index >= 15 is 0 Å². The van der Waals surface area contributed by atoms with Gasteiger partial charge in [-0.15, -0.1) is 0 Å². The normalized spacial score (nSPS) is 10.7. The van der Waals surface area contributed by atoms with E-state index in [4.69, 9.17) is 0 Å². The molecule has 0 radical (unpaired) electrons. The van der Waals surface area contributed by atoms with Gasteiger partial charge in [0, 0.05) is 11.9 Å². The van der Waals surface area contributed by atoms with E-state index < -0.39 is 11.1 Å². The van der Waals surface area contributed by atoms with Gasteiger partial charge in [0.2, 0.25) is 0 Å². The van der Waals surface area contributed by atoms with Crippen LogP contribution in [0.4, 0.5) is 5.69 Å². The van der Waals surface area contributed by atoms with Crippen LogP contribution in [0.3, 0.4) is 0 Å². The Morgan fingerprint density at radius 1 is 1.05 bits per heavy atom. The van der Waals surface area contributed by atoms with Crippen LogP contribution in [-0.2, 0) is 6.54 Å². The summed E-state index contributed by atoms with van der Waals surface area (Å²) < 4.78 is 0. The van der Waals surface area contributed by atoms with Crippen molar-refractivity contribution < 1.29 is 0 Å². The summed E-state index contributed by atoms with van der Waals surface area (Å²) in [7, 11) is 0. The maximum Gasteiger partial charge on any atom is 0.314 e. The molecule has 96 valence electrons. The van der Waals surface area contributed by atoms with Crippen LogP contribution in [0.5, 0.6) is 0 Å². The average Bonchev–Trinajstić information content (AvgIpc) is 2.91. The summed E-state index contributed by atoms with van der Waals surface area (Å²) in [5.74, 6) is 0. The fraction of sp³-hybridized carbons (Fsp3) is 0.0833. The minimum Gasteiger partial charge on any atom is -0.379 e. The van der Waals surface area contributed by atoms with Crippen molar-refractivity contribution in [2.45, 2.75) is 6.54 Å². The smallest absolute Gasteiger partial charge is 0.314 e. The number of aromatic amines is 3. The largest absolute Gasteiger partial charge is 0.379 e. The summed E-state index contributed by atoms with van der Waals surface area (Å²) in [4.78, 5) is 27.5. The first-order valence-corrected chi connectivity index (χ1v) is 5.71. The molecule has 0 atom stereocenters. The Morgan fingerprint density at radius 3 is 2.58 bits per heavy atom. The Hall–Kier alpha value is -2.83. The topological polar surface area (TPSA) is 106 Å². The van der Waals surface area contributed by atoms with Gasteiger partial charge in [-0.1, -0.05) is 0 Å². The molecule has 3 aromatic rings. The first-order chi connectivity index (χ1) is 9.22. The molecule has 0 amide bonds. The van der Waals surface area contributed by atoms with Gasteiger partial charge < -0.3 is 15.3 Å². The van der Waals surface area contributed by atoms with Crippen LogP contribution in [0.1, 0.15) is 5.69 Å². The number of fused-ring (bicyclic) bond motifs is 1. The summed E-state index contributed by atoms with van der Waals surface area (Å²) in [6.45, 7) is 0.596. The van der Waals surface area contributed by atoms with Gasteiger partial charge in [-0.2, -0.15) is 5.10 Å². The lowest BCUT2D eigenvalue weighted by molar-refractivity contribution is 0.981. The van der Waals surface area contributed by atoms with Gasteiger partial charge in [0.15, 0.2) is 0 Å². The number of hydrogen-bond donors (Lipinski definition) is 4. The Labute approximate surface area is 106 Å². The van der Waals surface area contributed by atoms with Crippen LogP contribution in [0.15, 0.2) is 40.1 Å². The lowest BCUT2D eigenvalue weighted by Crippen LogP contribution is -2.28. The summed E-state index contributed by atoms with van der Waals surface area (Å²) in [6, 6.07) is 7.20. The molecular formula is C12H11N5O2. The van der Waals surface area contributed by atoms with Crippen LogP contribution in [0.25, 0.3) is 11.0 Å². The van der Waals surface area contributed by atoms with Gasteiger partial charge in [0.25, 0.3) is 0 Å². The van der Waals surface area contributed by atoms with E-state index in [1.807, 2.05) is 12.1 Å². The third-order valence-corrected chi connectivity index (χ3v) is 2.76. The number of hydrogen-bond acceptors (Lipinski definition) is 4. The van der Waals surface area contributed by atoms with Gasteiger partial charge in [0.05, 0.1) is 23.3 Å². The number of aromatic nitrogens is 4. The lowest BCUT2D eigenvalue weighted by Gasteiger charge is -2.05. The second-order valence-corrected chi connectivity index (χ2v) is 4.10. The van der Waals surface area contributed by atoms with Crippen LogP contribution in [0.2, 0.25) is 0 Å². The highest BCUT2D eigenvalue weighted by molar-refractivity contribution is 5.78. The molecule has 1 aromatic carbocycles. The highest BCUT2D eigenvalue weighted by Crippen LogP contribution is 2.14. The third kappa shape index (κ3) is 2.25. The monoisotopic (exact) mass is 257 g/mol. The highest BCUT2D eigenvalue weighted by Gasteiger charge is 2.01. The van der Waals surface area contributed by atoms with E-state index in [1.165, 1.54) is 0 Å². The molecule has 0 fully saturated rings. The predicted octanol–water partition coefficient (Wildman–Crippen LogP) is 0.552. The zero-order valence-electron chi connectivity index (χ0n) is 9.86. The molecule has 0 aliphatic heterocycles. The van der Waals surface area contributed by atoms with Crippen LogP contribution < -0.4 is 16.4 Å². The molecule has 19 heavy (non-hydrogen) atoms. The molecule has 0 spiro atoms. The lowest BCUT2D eigenvalue weighted by atomic mass is 10.2. The highest BCUT2D eigenvalue weighted by atomic mass is 16.2. The maximum atomic E-state index is 11.3. The summed E-state index contributed by atoms with van der Waals surface area (Å²) in [5.41, 5.74) is 1.67. The number of H-pyrrole nitrogens is 3. The summed E-state index contributed by atoms with van der Waals surface area (Å²) in [5, 5.41) is 9.88. The minimum atomic E-state index is -0.654. The minimum absolute atomic E-state index is 0.583. The van der Waals surface area contributed by atoms with Gasteiger partial charge in [0.1, 0.15) is 0 Å². The molecular weight excluding hydrogens is 246 g/mol. The second kappa shape index (κ2) is 4.45. The van der Waals surface area contributed by atoms with E-state index in [-0.39, 0.29) is 0 Å². The van der Waals surface area contributed by atoms with Crippen LogP contribution in [0, 0.1) is 0 Å².